The Bertz CT molecular complexity index is 1430. The van der Waals surface area contributed by atoms with Crippen molar-refractivity contribution >= 4 is 33.0 Å². The van der Waals surface area contributed by atoms with E-state index in [0.29, 0.717) is 14.7 Å². The quantitative estimate of drug-likeness (QED) is 0.617. The SMILES string of the molecule is COc1ccc(C)cc1S(=O)(=O)c1c(Cl)cc(-n2c(=O)[nH]c(=O)n(C)c2=O)cc1Cl. The second-order valence-electron chi connectivity index (χ2n) is 6.31. The van der Waals surface area contributed by atoms with Crippen LogP contribution in [0.4, 0.5) is 0 Å². The summed E-state index contributed by atoms with van der Waals surface area (Å²) in [6, 6.07) is 6.80. The predicted octanol–water partition coefficient (Wildman–Crippen LogP) is 1.68. The summed E-state index contributed by atoms with van der Waals surface area (Å²) in [5.41, 5.74) is -2.31. The van der Waals surface area contributed by atoms with Crippen LogP contribution in [0.5, 0.6) is 5.75 Å². The van der Waals surface area contributed by atoms with Crippen LogP contribution in [0, 0.1) is 6.92 Å². The number of aromatic nitrogens is 3. The Balaban J connectivity index is 2.29. The van der Waals surface area contributed by atoms with Crippen LogP contribution in [0.3, 0.4) is 0 Å². The first-order valence-electron chi connectivity index (χ1n) is 8.30. The van der Waals surface area contributed by atoms with E-state index in [0.717, 1.165) is 12.1 Å². The third-order valence-electron chi connectivity index (χ3n) is 4.32. The second kappa shape index (κ2) is 7.78. The molecule has 0 saturated carbocycles. The molecule has 0 bridgehead atoms. The number of aromatic amines is 1. The molecule has 0 saturated heterocycles. The van der Waals surface area contributed by atoms with E-state index < -0.39 is 31.8 Å². The van der Waals surface area contributed by atoms with Gasteiger partial charge in [-0.15, -0.1) is 0 Å². The van der Waals surface area contributed by atoms with Crippen molar-refractivity contribution in [3.05, 3.63) is 77.4 Å². The summed E-state index contributed by atoms with van der Waals surface area (Å²) in [6.07, 6.45) is 0. The molecule has 0 amide bonds. The highest BCUT2D eigenvalue weighted by molar-refractivity contribution is 7.91. The molecule has 30 heavy (non-hydrogen) atoms. The number of hydrogen-bond donors (Lipinski definition) is 1. The van der Waals surface area contributed by atoms with Gasteiger partial charge in [-0.3, -0.25) is 4.98 Å². The Morgan fingerprint density at radius 3 is 2.17 bits per heavy atom. The van der Waals surface area contributed by atoms with Crippen LogP contribution in [0.1, 0.15) is 5.56 Å². The number of sulfone groups is 1. The normalized spacial score (nSPS) is 11.5. The van der Waals surface area contributed by atoms with Gasteiger partial charge in [-0.1, -0.05) is 29.3 Å². The first kappa shape index (κ1) is 21.9. The van der Waals surface area contributed by atoms with E-state index in [2.05, 4.69) is 0 Å². The van der Waals surface area contributed by atoms with Gasteiger partial charge >= 0.3 is 17.1 Å². The van der Waals surface area contributed by atoms with Crippen molar-refractivity contribution in [3.63, 3.8) is 0 Å². The smallest absolute Gasteiger partial charge is 0.340 e. The molecule has 1 aromatic heterocycles. The van der Waals surface area contributed by atoms with Crippen LogP contribution in [0.25, 0.3) is 5.69 Å². The fraction of sp³-hybridized carbons (Fsp3) is 0.167. The van der Waals surface area contributed by atoms with E-state index in [9.17, 15) is 22.8 Å². The number of hydrogen-bond acceptors (Lipinski definition) is 6. The zero-order valence-corrected chi connectivity index (χ0v) is 18.2. The van der Waals surface area contributed by atoms with E-state index in [-0.39, 0.29) is 26.4 Å². The number of methoxy groups -OCH3 is 1. The van der Waals surface area contributed by atoms with Crippen LogP contribution < -0.4 is 21.8 Å². The minimum Gasteiger partial charge on any atom is -0.495 e. The zero-order valence-electron chi connectivity index (χ0n) is 15.9. The summed E-state index contributed by atoms with van der Waals surface area (Å²) >= 11 is 12.5. The van der Waals surface area contributed by atoms with Crippen molar-refractivity contribution in [1.82, 2.24) is 14.1 Å². The molecule has 0 aliphatic carbocycles. The Kier molecular flexibility index (Phi) is 5.68. The van der Waals surface area contributed by atoms with Crippen LogP contribution in [-0.4, -0.2) is 29.6 Å². The zero-order chi connectivity index (χ0) is 22.4. The Hall–Kier alpha value is -2.82. The average molecular weight is 472 g/mol. The van der Waals surface area contributed by atoms with Crippen LogP contribution in [0.2, 0.25) is 10.0 Å². The Labute approximate surface area is 180 Å². The standard InChI is InChI=1S/C18H15Cl2N3O6S/c1-9-4-5-13(29-3)14(6-9)30(27,28)15-11(19)7-10(8-12(15)20)23-17(25)21-16(24)22(2)18(23)26/h4-8H,1-3H3,(H,21,24,25). The van der Waals surface area contributed by atoms with Crippen molar-refractivity contribution in [2.45, 2.75) is 16.7 Å². The lowest BCUT2D eigenvalue weighted by Gasteiger charge is -2.14. The maximum atomic E-state index is 13.3. The number of rotatable bonds is 4. The third-order valence-corrected chi connectivity index (χ3v) is 7.01. The number of aryl methyl sites for hydroxylation is 1. The van der Waals surface area contributed by atoms with E-state index in [1.807, 2.05) is 4.98 Å². The van der Waals surface area contributed by atoms with Crippen LogP contribution >= 0.6 is 23.2 Å². The molecule has 0 unspecified atom stereocenters. The summed E-state index contributed by atoms with van der Waals surface area (Å²) < 4.78 is 32.9. The number of ether oxygens (including phenoxy) is 1. The molecule has 0 fully saturated rings. The highest BCUT2D eigenvalue weighted by Crippen LogP contribution is 2.38. The molecular formula is C18H15Cl2N3O6S. The van der Waals surface area contributed by atoms with Gasteiger partial charge in [-0.05, 0) is 36.8 Å². The van der Waals surface area contributed by atoms with E-state index in [1.165, 1.54) is 26.3 Å². The first-order chi connectivity index (χ1) is 14.0. The van der Waals surface area contributed by atoms with Crippen molar-refractivity contribution in [2.24, 2.45) is 7.05 Å². The molecule has 9 nitrogen and oxygen atoms in total. The molecule has 0 aliphatic heterocycles. The van der Waals surface area contributed by atoms with E-state index in [4.69, 9.17) is 27.9 Å². The third kappa shape index (κ3) is 3.57. The number of nitrogens with zero attached hydrogens (tertiary/aromatic N) is 2. The fourth-order valence-corrected chi connectivity index (χ4v) is 5.51. The van der Waals surface area contributed by atoms with Gasteiger partial charge in [0.15, 0.2) is 0 Å². The molecule has 0 aliphatic rings. The molecule has 3 aromatic rings. The lowest BCUT2D eigenvalue weighted by atomic mass is 10.2. The molecular weight excluding hydrogens is 457 g/mol. The van der Waals surface area contributed by atoms with Gasteiger partial charge in [-0.25, -0.2) is 31.9 Å². The fourth-order valence-electron chi connectivity index (χ4n) is 2.82. The molecule has 2 aromatic carbocycles. The Morgan fingerprint density at radius 2 is 1.60 bits per heavy atom. The van der Waals surface area contributed by atoms with Crippen LogP contribution in [-0.2, 0) is 16.9 Å². The summed E-state index contributed by atoms with van der Waals surface area (Å²) in [6.45, 7) is 1.71. The topological polar surface area (TPSA) is 120 Å². The highest BCUT2D eigenvalue weighted by atomic mass is 35.5. The number of H-pyrrole nitrogens is 1. The van der Waals surface area contributed by atoms with Gasteiger partial charge in [0.1, 0.15) is 15.5 Å². The average Bonchev–Trinajstić information content (AvgIpc) is 2.65. The van der Waals surface area contributed by atoms with Crippen molar-refractivity contribution in [1.29, 1.82) is 0 Å². The maximum Gasteiger partial charge on any atom is 0.340 e. The minimum absolute atomic E-state index is 0.0996. The lowest BCUT2D eigenvalue weighted by Crippen LogP contribution is -2.47. The van der Waals surface area contributed by atoms with Crippen LogP contribution in [0.15, 0.2) is 54.5 Å². The van der Waals surface area contributed by atoms with E-state index >= 15 is 0 Å². The highest BCUT2D eigenvalue weighted by Gasteiger charge is 2.28. The summed E-state index contributed by atoms with van der Waals surface area (Å²) in [7, 11) is -1.72. The molecule has 1 heterocycles. The second-order valence-corrected chi connectivity index (χ2v) is 8.98. The summed E-state index contributed by atoms with van der Waals surface area (Å²) in [4.78, 5) is 37.5. The van der Waals surface area contributed by atoms with Crippen molar-refractivity contribution in [2.75, 3.05) is 7.11 Å². The maximum absolute atomic E-state index is 13.3. The van der Waals surface area contributed by atoms with Gasteiger partial charge in [-0.2, -0.15) is 0 Å². The summed E-state index contributed by atoms with van der Waals surface area (Å²) in [5, 5.41) is -0.637. The largest absolute Gasteiger partial charge is 0.495 e. The van der Waals surface area contributed by atoms with Gasteiger partial charge in [0.2, 0.25) is 9.84 Å². The molecule has 12 heteroatoms. The van der Waals surface area contributed by atoms with Crippen molar-refractivity contribution < 1.29 is 13.2 Å². The monoisotopic (exact) mass is 471 g/mol. The molecule has 0 radical (unpaired) electrons. The minimum atomic E-state index is -4.22. The predicted molar refractivity (Wildman–Crippen MR) is 111 cm³/mol. The van der Waals surface area contributed by atoms with Crippen molar-refractivity contribution in [3.8, 4) is 11.4 Å². The molecule has 1 N–H and O–H groups in total. The molecule has 158 valence electrons. The summed E-state index contributed by atoms with van der Waals surface area (Å²) in [5.74, 6) is 0.0996. The van der Waals surface area contributed by atoms with Gasteiger partial charge in [0, 0.05) is 7.05 Å². The molecule has 0 spiro atoms. The van der Waals surface area contributed by atoms with Gasteiger partial charge < -0.3 is 4.74 Å². The number of nitrogens with one attached hydrogen (secondary N) is 1. The Morgan fingerprint density at radius 1 is 1.00 bits per heavy atom. The lowest BCUT2D eigenvalue weighted by molar-refractivity contribution is 0.402. The number of halogens is 2. The van der Waals surface area contributed by atoms with E-state index in [1.54, 1.807) is 13.0 Å². The van der Waals surface area contributed by atoms with Gasteiger partial charge in [0.05, 0.1) is 22.8 Å². The van der Waals surface area contributed by atoms with Gasteiger partial charge in [0.25, 0.3) is 0 Å². The number of benzene rings is 2. The first-order valence-corrected chi connectivity index (χ1v) is 10.5. The molecule has 3 rings (SSSR count). The molecule has 0 atom stereocenters.